The molecular formula is C25H24F4N4O3. The Morgan fingerprint density at radius 2 is 1.89 bits per heavy atom. The minimum atomic E-state index is -1.86. The molecule has 1 saturated carbocycles. The number of alkyl halides is 1. The number of hydrogen-bond donors (Lipinski definition) is 4. The Morgan fingerprint density at radius 1 is 1.19 bits per heavy atom. The average molecular weight is 504 g/mol. The van der Waals surface area contributed by atoms with Crippen LogP contribution in [0.15, 0.2) is 42.7 Å². The first kappa shape index (κ1) is 25.5. The highest BCUT2D eigenvalue weighted by molar-refractivity contribution is 6.07. The number of hydrogen-bond acceptors (Lipinski definition) is 6. The van der Waals surface area contributed by atoms with Crippen LogP contribution >= 0.6 is 0 Å². The third-order valence-corrected chi connectivity index (χ3v) is 6.75. The summed E-state index contributed by atoms with van der Waals surface area (Å²) in [5, 5.41) is 23.4. The van der Waals surface area contributed by atoms with Crippen molar-refractivity contribution in [1.82, 2.24) is 9.97 Å². The van der Waals surface area contributed by atoms with Gasteiger partial charge in [-0.25, -0.2) is 22.5 Å². The molecule has 0 spiro atoms. The number of nitrogens with one attached hydrogen (secondary N) is 1. The molecule has 1 aliphatic carbocycles. The molecule has 2 aromatic heterocycles. The van der Waals surface area contributed by atoms with Crippen LogP contribution in [-0.2, 0) is 0 Å². The molecule has 11 heteroatoms. The molecule has 1 fully saturated rings. The topological polar surface area (TPSA) is 121 Å². The third kappa shape index (κ3) is 4.51. The van der Waals surface area contributed by atoms with Gasteiger partial charge in [0.2, 0.25) is 0 Å². The molecule has 0 unspecified atom stereocenters. The van der Waals surface area contributed by atoms with Gasteiger partial charge in [-0.05, 0) is 48.4 Å². The molecule has 1 aromatic carbocycles. The monoisotopic (exact) mass is 504 g/mol. The van der Waals surface area contributed by atoms with Crippen LogP contribution in [0.1, 0.15) is 41.7 Å². The maximum absolute atomic E-state index is 14.6. The lowest BCUT2D eigenvalue weighted by atomic mass is 9.68. The first-order valence-corrected chi connectivity index (χ1v) is 11.2. The van der Waals surface area contributed by atoms with Gasteiger partial charge >= 0.3 is 0 Å². The normalized spacial score (nSPS) is 23.9. The number of aliphatic hydroxyl groups is 2. The number of benzene rings is 1. The van der Waals surface area contributed by atoms with Gasteiger partial charge in [0.15, 0.2) is 11.5 Å². The number of carbonyl (C=O) groups excluding carboxylic acids is 1. The first-order chi connectivity index (χ1) is 17.1. The number of pyridine rings is 2. The number of anilines is 2. The quantitative estimate of drug-likeness (QED) is 0.390. The van der Waals surface area contributed by atoms with Crippen LogP contribution in [0.3, 0.4) is 0 Å². The third-order valence-electron chi connectivity index (χ3n) is 6.75. The zero-order valence-electron chi connectivity index (χ0n) is 19.2. The number of nitrogen functional groups attached to an aromatic ring is 1. The van der Waals surface area contributed by atoms with Crippen LogP contribution in [-0.4, -0.2) is 44.5 Å². The highest BCUT2D eigenvalue weighted by Gasteiger charge is 2.47. The van der Waals surface area contributed by atoms with E-state index in [1.165, 1.54) is 12.4 Å². The fourth-order valence-corrected chi connectivity index (χ4v) is 4.64. The van der Waals surface area contributed by atoms with Gasteiger partial charge in [-0.1, -0.05) is 13.0 Å². The Bertz CT molecular complexity index is 1270. The molecular weight excluding hydrogens is 480 g/mol. The Labute approximate surface area is 204 Å². The zero-order valence-corrected chi connectivity index (χ0v) is 19.2. The summed E-state index contributed by atoms with van der Waals surface area (Å²) in [7, 11) is 0. The van der Waals surface area contributed by atoms with Crippen molar-refractivity contribution < 1.29 is 32.6 Å². The SMILES string of the molecule is C[C@H]1C[C@@H](c2ccncc2NC(=O)c2nc(-c3c(F)cccc3F)c(F)cc2N)C[C@@H](O)[C@@]1(O)CF. The lowest BCUT2D eigenvalue weighted by Gasteiger charge is -2.43. The second-order valence-electron chi connectivity index (χ2n) is 8.98. The van der Waals surface area contributed by atoms with Crippen LogP contribution in [0.5, 0.6) is 0 Å². The second kappa shape index (κ2) is 9.82. The van der Waals surface area contributed by atoms with Crippen molar-refractivity contribution >= 4 is 17.3 Å². The fraction of sp³-hybridized carbons (Fsp3) is 0.320. The molecule has 36 heavy (non-hydrogen) atoms. The minimum absolute atomic E-state index is 0.0330. The van der Waals surface area contributed by atoms with Gasteiger partial charge in [0.1, 0.15) is 29.6 Å². The van der Waals surface area contributed by atoms with E-state index >= 15 is 0 Å². The number of amides is 1. The molecule has 3 aromatic rings. The average Bonchev–Trinajstić information content (AvgIpc) is 2.83. The van der Waals surface area contributed by atoms with E-state index in [9.17, 15) is 32.6 Å². The molecule has 0 radical (unpaired) electrons. The summed E-state index contributed by atoms with van der Waals surface area (Å²) in [6.07, 6.45) is 1.84. The lowest BCUT2D eigenvalue weighted by molar-refractivity contribution is -0.146. The Kier molecular flexibility index (Phi) is 6.96. The van der Waals surface area contributed by atoms with Crippen molar-refractivity contribution in [1.29, 1.82) is 0 Å². The van der Waals surface area contributed by atoms with E-state index in [0.29, 0.717) is 12.0 Å². The first-order valence-electron chi connectivity index (χ1n) is 11.2. The molecule has 0 aliphatic heterocycles. The van der Waals surface area contributed by atoms with Crippen molar-refractivity contribution in [3.8, 4) is 11.3 Å². The standard InChI is InChI=1S/C25H24F4N4O3/c1-12-7-13(8-20(34)25(12,36)11-26)14-5-6-31-10-19(14)32-24(35)23-18(30)9-17(29)22(33-23)21-15(27)3-2-4-16(21)28/h2-6,9-10,12-13,20,34,36H,7-8,11,30H2,1H3,(H,32,35)/t12-,13+,20+,25+/m0/s1. The lowest BCUT2D eigenvalue weighted by Crippen LogP contribution is -2.53. The number of nitrogens with zero attached hydrogens (tertiary/aromatic N) is 2. The number of nitrogens with two attached hydrogens (primary N) is 1. The number of aliphatic hydroxyl groups excluding tert-OH is 1. The second-order valence-corrected chi connectivity index (χ2v) is 8.98. The Hall–Kier alpha value is -3.57. The molecule has 4 rings (SSSR count). The van der Waals surface area contributed by atoms with Gasteiger partial charge < -0.3 is 21.3 Å². The predicted molar refractivity (Wildman–Crippen MR) is 124 cm³/mol. The zero-order chi connectivity index (χ0) is 26.2. The summed E-state index contributed by atoms with van der Waals surface area (Å²) < 4.78 is 56.5. The van der Waals surface area contributed by atoms with E-state index in [1.807, 2.05) is 0 Å². The van der Waals surface area contributed by atoms with Gasteiger partial charge in [0.05, 0.1) is 29.2 Å². The summed E-state index contributed by atoms with van der Waals surface area (Å²) >= 11 is 0. The highest BCUT2D eigenvalue weighted by atomic mass is 19.1. The van der Waals surface area contributed by atoms with Crippen molar-refractivity contribution in [2.45, 2.75) is 37.4 Å². The predicted octanol–water partition coefficient (Wildman–Crippen LogP) is 3.97. The molecule has 1 aliphatic rings. The van der Waals surface area contributed by atoms with Gasteiger partial charge in [-0.2, -0.15) is 0 Å². The van der Waals surface area contributed by atoms with Gasteiger partial charge in [-0.15, -0.1) is 0 Å². The molecule has 7 nitrogen and oxygen atoms in total. The van der Waals surface area contributed by atoms with E-state index in [0.717, 1.165) is 24.3 Å². The Morgan fingerprint density at radius 3 is 2.53 bits per heavy atom. The van der Waals surface area contributed by atoms with Crippen LogP contribution in [0.4, 0.5) is 28.9 Å². The number of carbonyl (C=O) groups is 1. The van der Waals surface area contributed by atoms with E-state index in [2.05, 4.69) is 15.3 Å². The number of rotatable bonds is 5. The molecule has 1 amide bonds. The maximum atomic E-state index is 14.6. The van der Waals surface area contributed by atoms with Crippen LogP contribution in [0, 0.1) is 23.4 Å². The van der Waals surface area contributed by atoms with Crippen molar-refractivity contribution in [3.05, 3.63) is 71.4 Å². The summed E-state index contributed by atoms with van der Waals surface area (Å²) in [6, 6.07) is 5.34. The fourth-order valence-electron chi connectivity index (χ4n) is 4.64. The van der Waals surface area contributed by atoms with Gasteiger partial charge in [-0.3, -0.25) is 9.78 Å². The Balaban J connectivity index is 1.66. The minimum Gasteiger partial charge on any atom is -0.397 e. The number of halogens is 4. The van der Waals surface area contributed by atoms with Crippen molar-refractivity contribution in [2.24, 2.45) is 5.92 Å². The van der Waals surface area contributed by atoms with Gasteiger partial charge in [0.25, 0.3) is 5.91 Å². The molecule has 0 bridgehead atoms. The largest absolute Gasteiger partial charge is 0.397 e. The number of aromatic nitrogens is 2. The van der Waals surface area contributed by atoms with Crippen LogP contribution < -0.4 is 11.1 Å². The smallest absolute Gasteiger partial charge is 0.276 e. The highest BCUT2D eigenvalue weighted by Crippen LogP contribution is 2.44. The molecule has 2 heterocycles. The molecule has 4 atom stereocenters. The van der Waals surface area contributed by atoms with E-state index in [1.54, 1.807) is 13.0 Å². The van der Waals surface area contributed by atoms with Crippen LogP contribution in [0.25, 0.3) is 11.3 Å². The summed E-state index contributed by atoms with van der Waals surface area (Å²) in [5.41, 5.74) is 2.44. The van der Waals surface area contributed by atoms with E-state index in [4.69, 9.17) is 5.73 Å². The molecule has 5 N–H and O–H groups in total. The molecule has 190 valence electrons. The van der Waals surface area contributed by atoms with Gasteiger partial charge in [0, 0.05) is 12.3 Å². The molecule has 0 saturated heterocycles. The van der Waals surface area contributed by atoms with Crippen LogP contribution in [0.2, 0.25) is 0 Å². The van der Waals surface area contributed by atoms with E-state index < -0.39 is 64.6 Å². The van der Waals surface area contributed by atoms with E-state index in [-0.39, 0.29) is 23.7 Å². The maximum Gasteiger partial charge on any atom is 0.276 e. The summed E-state index contributed by atoms with van der Waals surface area (Å²) in [4.78, 5) is 20.9. The van der Waals surface area contributed by atoms with Crippen molar-refractivity contribution in [3.63, 3.8) is 0 Å². The summed E-state index contributed by atoms with van der Waals surface area (Å²) in [6.45, 7) is 0.531. The summed E-state index contributed by atoms with van der Waals surface area (Å²) in [5.74, 6) is -5.07. The van der Waals surface area contributed by atoms with Crippen molar-refractivity contribution in [2.75, 3.05) is 17.7 Å².